The molecule has 1 saturated heterocycles. The lowest BCUT2D eigenvalue weighted by Crippen LogP contribution is -2.48. The molecular formula is C22H27N3O4S2. The van der Waals surface area contributed by atoms with Crippen LogP contribution in [0.15, 0.2) is 39.1 Å². The predicted octanol–water partition coefficient (Wildman–Crippen LogP) is 3.01. The van der Waals surface area contributed by atoms with E-state index in [1.807, 2.05) is 43.0 Å². The highest BCUT2D eigenvalue weighted by molar-refractivity contribution is 8.00. The molecule has 0 spiro atoms. The summed E-state index contributed by atoms with van der Waals surface area (Å²) in [5, 5.41) is 0.865. The highest BCUT2D eigenvalue weighted by Gasteiger charge is 2.29. The zero-order valence-electron chi connectivity index (χ0n) is 18.2. The minimum Gasteiger partial charge on any atom is -0.497 e. The number of ether oxygens (including phenoxy) is 2. The van der Waals surface area contributed by atoms with E-state index in [2.05, 4.69) is 6.92 Å². The van der Waals surface area contributed by atoms with Crippen molar-refractivity contribution < 1.29 is 14.3 Å². The van der Waals surface area contributed by atoms with E-state index in [0.29, 0.717) is 39.8 Å². The van der Waals surface area contributed by atoms with E-state index in [4.69, 9.17) is 14.5 Å². The SMILES string of the molecule is COc1ccc(-n2c(SCC(=O)N3CC(C)OC(C)C3)nc3c(c2=O)SC(C)C3)cc1. The molecule has 1 amide bonds. The Labute approximate surface area is 190 Å². The van der Waals surface area contributed by atoms with Crippen molar-refractivity contribution in [2.75, 3.05) is 26.0 Å². The average molecular weight is 462 g/mol. The maximum atomic E-state index is 13.4. The van der Waals surface area contributed by atoms with Gasteiger partial charge >= 0.3 is 0 Å². The largest absolute Gasteiger partial charge is 0.497 e. The van der Waals surface area contributed by atoms with Crippen molar-refractivity contribution in [3.63, 3.8) is 0 Å². The van der Waals surface area contributed by atoms with Gasteiger partial charge in [0.2, 0.25) is 5.91 Å². The van der Waals surface area contributed by atoms with Crippen molar-refractivity contribution in [1.82, 2.24) is 14.5 Å². The minimum atomic E-state index is -0.0758. The number of amides is 1. The van der Waals surface area contributed by atoms with Crippen LogP contribution in [-0.4, -0.2) is 63.8 Å². The zero-order chi connectivity index (χ0) is 22.1. The Bertz CT molecular complexity index is 1010. The van der Waals surface area contributed by atoms with Crippen molar-refractivity contribution in [1.29, 1.82) is 0 Å². The Kier molecular flexibility index (Phi) is 6.64. The molecule has 3 atom stereocenters. The number of rotatable bonds is 5. The van der Waals surface area contributed by atoms with Crippen molar-refractivity contribution >= 4 is 29.4 Å². The smallest absolute Gasteiger partial charge is 0.272 e. The van der Waals surface area contributed by atoms with Crippen molar-refractivity contribution in [3.8, 4) is 11.4 Å². The normalized spacial score (nSPS) is 23.0. The van der Waals surface area contributed by atoms with Crippen molar-refractivity contribution in [2.45, 2.75) is 54.7 Å². The second-order valence-electron chi connectivity index (χ2n) is 7.99. The number of hydrogen-bond donors (Lipinski definition) is 0. The third kappa shape index (κ3) is 4.78. The van der Waals surface area contributed by atoms with Gasteiger partial charge in [-0.15, -0.1) is 11.8 Å². The van der Waals surface area contributed by atoms with Gasteiger partial charge in [0.15, 0.2) is 5.16 Å². The van der Waals surface area contributed by atoms with Crippen molar-refractivity contribution in [3.05, 3.63) is 40.3 Å². The van der Waals surface area contributed by atoms with E-state index in [-0.39, 0.29) is 29.4 Å². The second kappa shape index (κ2) is 9.26. The van der Waals surface area contributed by atoms with E-state index in [9.17, 15) is 9.59 Å². The summed E-state index contributed by atoms with van der Waals surface area (Å²) in [4.78, 5) is 33.6. The number of benzene rings is 1. The Balaban J connectivity index is 1.63. The Hall–Kier alpha value is -1.97. The number of fused-ring (bicyclic) bond motifs is 1. The number of methoxy groups -OCH3 is 1. The lowest BCUT2D eigenvalue weighted by atomic mass is 10.2. The molecule has 0 radical (unpaired) electrons. The van der Waals surface area contributed by atoms with Gasteiger partial charge in [0.25, 0.3) is 5.56 Å². The van der Waals surface area contributed by atoms with E-state index < -0.39 is 0 Å². The molecule has 2 aliphatic heterocycles. The second-order valence-corrected chi connectivity index (χ2v) is 10.4. The fraction of sp³-hybridized carbons (Fsp3) is 0.500. The van der Waals surface area contributed by atoms with Gasteiger partial charge < -0.3 is 14.4 Å². The molecule has 4 rings (SSSR count). The monoisotopic (exact) mass is 461 g/mol. The van der Waals surface area contributed by atoms with Gasteiger partial charge in [0.05, 0.1) is 41.3 Å². The molecule has 2 aromatic rings. The summed E-state index contributed by atoms with van der Waals surface area (Å²) in [5.41, 5.74) is 1.47. The molecule has 1 aromatic carbocycles. The van der Waals surface area contributed by atoms with Crippen LogP contribution in [-0.2, 0) is 16.0 Å². The quantitative estimate of drug-likeness (QED) is 0.501. The molecule has 3 unspecified atom stereocenters. The molecule has 9 heteroatoms. The van der Waals surface area contributed by atoms with Crippen LogP contribution >= 0.6 is 23.5 Å². The molecule has 166 valence electrons. The Morgan fingerprint density at radius 3 is 2.55 bits per heavy atom. The van der Waals surface area contributed by atoms with Gasteiger partial charge in [-0.05, 0) is 38.1 Å². The van der Waals surface area contributed by atoms with E-state index >= 15 is 0 Å². The van der Waals surface area contributed by atoms with Gasteiger partial charge in [-0.2, -0.15) is 0 Å². The maximum absolute atomic E-state index is 13.4. The molecule has 0 saturated carbocycles. The molecule has 0 N–H and O–H groups in total. The average Bonchev–Trinajstić information content (AvgIpc) is 3.12. The zero-order valence-corrected chi connectivity index (χ0v) is 19.8. The molecule has 2 aliphatic rings. The van der Waals surface area contributed by atoms with E-state index in [1.165, 1.54) is 11.8 Å². The van der Waals surface area contributed by atoms with Crippen LogP contribution in [0, 0.1) is 0 Å². The van der Waals surface area contributed by atoms with Gasteiger partial charge in [-0.25, -0.2) is 4.98 Å². The summed E-state index contributed by atoms with van der Waals surface area (Å²) >= 11 is 2.89. The summed E-state index contributed by atoms with van der Waals surface area (Å²) in [6.45, 7) is 7.22. The first-order valence-corrected chi connectivity index (χ1v) is 12.2. The highest BCUT2D eigenvalue weighted by Crippen LogP contribution is 2.35. The van der Waals surface area contributed by atoms with Crippen LogP contribution in [0.1, 0.15) is 26.5 Å². The van der Waals surface area contributed by atoms with Crippen molar-refractivity contribution in [2.24, 2.45) is 0 Å². The first-order valence-electron chi connectivity index (χ1n) is 10.4. The topological polar surface area (TPSA) is 73.7 Å². The molecular weight excluding hydrogens is 434 g/mol. The number of nitrogens with zero attached hydrogens (tertiary/aromatic N) is 3. The predicted molar refractivity (Wildman–Crippen MR) is 123 cm³/mol. The highest BCUT2D eigenvalue weighted by atomic mass is 32.2. The van der Waals surface area contributed by atoms with Crippen LogP contribution in [0.25, 0.3) is 5.69 Å². The van der Waals surface area contributed by atoms with Gasteiger partial charge in [0.1, 0.15) is 5.75 Å². The van der Waals surface area contributed by atoms with Crippen LogP contribution in [0.3, 0.4) is 0 Å². The number of carbonyl (C=O) groups excluding carboxylic acids is 1. The molecule has 0 bridgehead atoms. The fourth-order valence-electron chi connectivity index (χ4n) is 3.95. The van der Waals surface area contributed by atoms with Gasteiger partial charge in [-0.1, -0.05) is 18.7 Å². The number of aromatic nitrogens is 2. The van der Waals surface area contributed by atoms with Crippen LogP contribution < -0.4 is 10.3 Å². The summed E-state index contributed by atoms with van der Waals surface area (Å²) in [6.07, 6.45) is 0.803. The Morgan fingerprint density at radius 1 is 1.23 bits per heavy atom. The van der Waals surface area contributed by atoms with Crippen LogP contribution in [0.2, 0.25) is 0 Å². The Morgan fingerprint density at radius 2 is 1.90 bits per heavy atom. The fourth-order valence-corrected chi connectivity index (χ4v) is 5.98. The first-order chi connectivity index (χ1) is 14.9. The summed E-state index contributed by atoms with van der Waals surface area (Å²) in [6, 6.07) is 7.32. The molecule has 1 aromatic heterocycles. The maximum Gasteiger partial charge on any atom is 0.272 e. The standard InChI is InChI=1S/C22H27N3O4S2/c1-13-10-24(11-14(2)29-13)19(26)12-30-22-23-18-9-15(3)31-20(18)21(27)25(22)16-5-7-17(28-4)8-6-16/h5-8,13-15H,9-12H2,1-4H3. The van der Waals surface area contributed by atoms with E-state index in [1.54, 1.807) is 23.4 Å². The summed E-state index contributed by atoms with van der Waals surface area (Å²) in [7, 11) is 1.61. The number of hydrogen-bond acceptors (Lipinski definition) is 7. The summed E-state index contributed by atoms with van der Waals surface area (Å²) < 4.78 is 12.6. The molecule has 3 heterocycles. The van der Waals surface area contributed by atoms with Crippen LogP contribution in [0.4, 0.5) is 0 Å². The van der Waals surface area contributed by atoms with E-state index in [0.717, 1.165) is 12.1 Å². The summed E-state index contributed by atoms with van der Waals surface area (Å²) in [5.74, 6) is 0.975. The number of morpholine rings is 1. The lowest BCUT2D eigenvalue weighted by Gasteiger charge is -2.35. The van der Waals surface area contributed by atoms with Crippen LogP contribution in [0.5, 0.6) is 5.75 Å². The lowest BCUT2D eigenvalue weighted by molar-refractivity contribution is -0.140. The third-order valence-corrected chi connectivity index (χ3v) is 7.45. The first kappa shape index (κ1) is 22.2. The van der Waals surface area contributed by atoms with Gasteiger partial charge in [-0.3, -0.25) is 14.2 Å². The number of thioether (sulfide) groups is 2. The van der Waals surface area contributed by atoms with Gasteiger partial charge in [0, 0.05) is 24.8 Å². The third-order valence-electron chi connectivity index (χ3n) is 5.31. The number of carbonyl (C=O) groups is 1. The minimum absolute atomic E-state index is 0.0202. The molecule has 7 nitrogen and oxygen atoms in total. The molecule has 1 fully saturated rings. The molecule has 0 aliphatic carbocycles. The molecule has 31 heavy (non-hydrogen) atoms.